The van der Waals surface area contributed by atoms with Crippen LogP contribution in [0, 0.1) is 5.82 Å². The molecule has 0 bridgehead atoms. The SMILES string of the molecule is CCCNc1ccncc1C(=O)Nc1cc(Cl)ccc1F. The lowest BCUT2D eigenvalue weighted by atomic mass is 10.2. The zero-order chi connectivity index (χ0) is 15.2. The summed E-state index contributed by atoms with van der Waals surface area (Å²) in [5.41, 5.74) is 1.05. The van der Waals surface area contributed by atoms with E-state index in [0.717, 1.165) is 13.0 Å². The summed E-state index contributed by atoms with van der Waals surface area (Å²) in [5, 5.41) is 5.99. The first kappa shape index (κ1) is 15.3. The van der Waals surface area contributed by atoms with Gasteiger partial charge >= 0.3 is 0 Å². The van der Waals surface area contributed by atoms with Crippen molar-refractivity contribution in [2.45, 2.75) is 13.3 Å². The Morgan fingerprint density at radius 1 is 1.33 bits per heavy atom. The van der Waals surface area contributed by atoms with E-state index >= 15 is 0 Å². The largest absolute Gasteiger partial charge is 0.384 e. The third-order valence-corrected chi connectivity index (χ3v) is 3.04. The Labute approximate surface area is 127 Å². The first-order valence-corrected chi connectivity index (χ1v) is 6.94. The number of anilines is 2. The number of nitrogens with one attached hydrogen (secondary N) is 2. The molecule has 0 fully saturated rings. The summed E-state index contributed by atoms with van der Waals surface area (Å²) in [6, 6.07) is 5.70. The van der Waals surface area contributed by atoms with Crippen molar-refractivity contribution in [1.82, 2.24) is 4.98 Å². The van der Waals surface area contributed by atoms with Gasteiger partial charge in [-0.3, -0.25) is 9.78 Å². The van der Waals surface area contributed by atoms with Gasteiger partial charge in [-0.15, -0.1) is 0 Å². The van der Waals surface area contributed by atoms with Gasteiger partial charge in [0.25, 0.3) is 5.91 Å². The van der Waals surface area contributed by atoms with Gasteiger partial charge in [0, 0.05) is 24.0 Å². The lowest BCUT2D eigenvalue weighted by Gasteiger charge is -2.11. The number of pyridine rings is 1. The molecular formula is C15H15ClFN3O. The molecule has 0 radical (unpaired) electrons. The molecule has 0 aliphatic heterocycles. The maximum absolute atomic E-state index is 13.6. The van der Waals surface area contributed by atoms with Gasteiger partial charge in [0.2, 0.25) is 0 Å². The molecule has 0 atom stereocenters. The fourth-order valence-electron chi connectivity index (χ4n) is 1.77. The molecule has 1 aromatic heterocycles. The van der Waals surface area contributed by atoms with Crippen LogP contribution in [-0.2, 0) is 0 Å². The second-order valence-corrected chi connectivity index (χ2v) is 4.86. The van der Waals surface area contributed by atoms with E-state index < -0.39 is 11.7 Å². The Balaban J connectivity index is 2.22. The third-order valence-electron chi connectivity index (χ3n) is 2.81. The molecule has 0 saturated heterocycles. The minimum absolute atomic E-state index is 0.0396. The second kappa shape index (κ2) is 7.04. The maximum atomic E-state index is 13.6. The van der Waals surface area contributed by atoms with Crippen LogP contribution in [0.1, 0.15) is 23.7 Å². The van der Waals surface area contributed by atoms with Crippen molar-refractivity contribution in [3.63, 3.8) is 0 Å². The van der Waals surface area contributed by atoms with Crippen LogP contribution in [0.3, 0.4) is 0 Å². The molecule has 1 aromatic carbocycles. The molecule has 2 aromatic rings. The van der Waals surface area contributed by atoms with E-state index in [1.807, 2.05) is 6.92 Å². The molecule has 2 N–H and O–H groups in total. The van der Waals surface area contributed by atoms with Gasteiger partial charge in [-0.25, -0.2) is 4.39 Å². The summed E-state index contributed by atoms with van der Waals surface area (Å²) in [5.74, 6) is -0.984. The molecule has 1 heterocycles. The smallest absolute Gasteiger partial charge is 0.259 e. The fourth-order valence-corrected chi connectivity index (χ4v) is 1.94. The van der Waals surface area contributed by atoms with Crippen molar-refractivity contribution >= 4 is 28.9 Å². The summed E-state index contributed by atoms with van der Waals surface area (Å²) >= 11 is 5.80. The number of hydrogen-bond donors (Lipinski definition) is 2. The molecule has 0 spiro atoms. The molecule has 1 amide bonds. The molecule has 4 nitrogen and oxygen atoms in total. The predicted octanol–water partition coefficient (Wildman–Crippen LogP) is 3.95. The van der Waals surface area contributed by atoms with Crippen LogP contribution in [0.2, 0.25) is 5.02 Å². The van der Waals surface area contributed by atoms with E-state index in [9.17, 15) is 9.18 Å². The molecule has 6 heteroatoms. The zero-order valence-corrected chi connectivity index (χ0v) is 12.2. The number of benzene rings is 1. The summed E-state index contributed by atoms with van der Waals surface area (Å²) in [6.45, 7) is 2.76. The van der Waals surface area contributed by atoms with Crippen LogP contribution < -0.4 is 10.6 Å². The Kier molecular flexibility index (Phi) is 5.11. The molecule has 110 valence electrons. The highest BCUT2D eigenvalue weighted by Gasteiger charge is 2.13. The van der Waals surface area contributed by atoms with E-state index in [1.54, 1.807) is 12.3 Å². The lowest BCUT2D eigenvalue weighted by Crippen LogP contribution is -2.16. The highest BCUT2D eigenvalue weighted by atomic mass is 35.5. The van der Waals surface area contributed by atoms with E-state index in [-0.39, 0.29) is 5.69 Å². The average molecular weight is 308 g/mol. The summed E-state index contributed by atoms with van der Waals surface area (Å²) in [4.78, 5) is 16.2. The zero-order valence-electron chi connectivity index (χ0n) is 11.5. The van der Waals surface area contributed by atoms with Crippen molar-refractivity contribution in [3.8, 4) is 0 Å². The molecule has 0 saturated carbocycles. The Morgan fingerprint density at radius 2 is 2.14 bits per heavy atom. The number of nitrogens with zero attached hydrogens (tertiary/aromatic N) is 1. The van der Waals surface area contributed by atoms with Gasteiger partial charge in [-0.2, -0.15) is 0 Å². The van der Waals surface area contributed by atoms with Gasteiger partial charge in [0.05, 0.1) is 16.9 Å². The third kappa shape index (κ3) is 3.92. The van der Waals surface area contributed by atoms with Gasteiger partial charge in [0.1, 0.15) is 5.82 Å². The summed E-state index contributed by atoms with van der Waals surface area (Å²) in [6.07, 6.45) is 3.96. The van der Waals surface area contributed by atoms with Gasteiger partial charge < -0.3 is 10.6 Å². The normalized spacial score (nSPS) is 10.2. The Morgan fingerprint density at radius 3 is 2.90 bits per heavy atom. The molecule has 0 unspecified atom stereocenters. The van der Waals surface area contributed by atoms with Crippen molar-refractivity contribution in [2.75, 3.05) is 17.2 Å². The fraction of sp³-hybridized carbons (Fsp3) is 0.200. The lowest BCUT2D eigenvalue weighted by molar-refractivity contribution is 0.102. The molecule has 2 rings (SSSR count). The van der Waals surface area contributed by atoms with Crippen molar-refractivity contribution < 1.29 is 9.18 Å². The van der Waals surface area contributed by atoms with Crippen LogP contribution >= 0.6 is 11.6 Å². The van der Waals surface area contributed by atoms with E-state index in [2.05, 4.69) is 15.6 Å². The van der Waals surface area contributed by atoms with Crippen molar-refractivity contribution in [2.24, 2.45) is 0 Å². The first-order chi connectivity index (χ1) is 10.1. The van der Waals surface area contributed by atoms with Crippen LogP contribution in [-0.4, -0.2) is 17.4 Å². The topological polar surface area (TPSA) is 54.0 Å². The number of rotatable bonds is 5. The quantitative estimate of drug-likeness (QED) is 0.879. The van der Waals surface area contributed by atoms with E-state index in [0.29, 0.717) is 16.3 Å². The standard InChI is InChI=1S/C15H15ClFN3O/c1-2-6-19-13-5-7-18-9-11(13)15(21)20-14-8-10(16)3-4-12(14)17/h3-5,7-9H,2,6H2,1H3,(H,18,19)(H,20,21). The van der Waals surface area contributed by atoms with E-state index in [4.69, 9.17) is 11.6 Å². The molecule has 21 heavy (non-hydrogen) atoms. The van der Waals surface area contributed by atoms with Gasteiger partial charge in [-0.05, 0) is 30.7 Å². The van der Waals surface area contributed by atoms with Gasteiger partial charge in [0.15, 0.2) is 0 Å². The highest BCUT2D eigenvalue weighted by Crippen LogP contribution is 2.21. The highest BCUT2D eigenvalue weighted by molar-refractivity contribution is 6.31. The number of aromatic nitrogens is 1. The maximum Gasteiger partial charge on any atom is 0.259 e. The first-order valence-electron chi connectivity index (χ1n) is 6.56. The monoisotopic (exact) mass is 307 g/mol. The second-order valence-electron chi connectivity index (χ2n) is 4.43. The van der Waals surface area contributed by atoms with Crippen LogP contribution in [0.25, 0.3) is 0 Å². The van der Waals surface area contributed by atoms with Gasteiger partial charge in [-0.1, -0.05) is 18.5 Å². The number of carbonyl (C=O) groups excluding carboxylic acids is 1. The van der Waals surface area contributed by atoms with Crippen LogP contribution in [0.5, 0.6) is 0 Å². The number of hydrogen-bond acceptors (Lipinski definition) is 3. The van der Waals surface area contributed by atoms with Crippen molar-refractivity contribution in [1.29, 1.82) is 0 Å². The Hall–Kier alpha value is -2.14. The number of carbonyl (C=O) groups is 1. The Bertz CT molecular complexity index is 649. The van der Waals surface area contributed by atoms with Crippen LogP contribution in [0.4, 0.5) is 15.8 Å². The van der Waals surface area contributed by atoms with E-state index in [1.165, 1.54) is 24.4 Å². The summed E-state index contributed by atoms with van der Waals surface area (Å²) in [7, 11) is 0. The number of halogens is 2. The van der Waals surface area contributed by atoms with Crippen LogP contribution in [0.15, 0.2) is 36.7 Å². The minimum atomic E-state index is -0.542. The number of amides is 1. The van der Waals surface area contributed by atoms with Crippen molar-refractivity contribution in [3.05, 3.63) is 53.1 Å². The molecular weight excluding hydrogens is 293 g/mol. The molecule has 0 aliphatic carbocycles. The molecule has 0 aliphatic rings. The predicted molar refractivity (Wildman–Crippen MR) is 82.4 cm³/mol. The summed E-state index contributed by atoms with van der Waals surface area (Å²) < 4.78 is 13.6. The average Bonchev–Trinajstić information content (AvgIpc) is 2.49. The minimum Gasteiger partial charge on any atom is -0.384 e.